The van der Waals surface area contributed by atoms with Crippen molar-refractivity contribution in [2.45, 2.75) is 353 Å². The minimum atomic E-state index is -0.850. The molecule has 0 saturated carbocycles. The molecular weight excluding hydrogens is 851 g/mol. The third-order valence-electron chi connectivity index (χ3n) is 14.5. The Morgan fingerprint density at radius 1 is 0.391 bits per heavy atom. The zero-order chi connectivity index (χ0) is 50.0. The molecule has 69 heavy (non-hydrogen) atoms. The lowest BCUT2D eigenvalue weighted by atomic mass is 10.0. The SMILES string of the molecule is CCCCCCCC/C=C\CCCCCCCC(=O)OCCCCCCCCCCCCCCCCCCC(=O)NC(CO)C(O)/C=C/CCCCCCCCCCCCCCCCCCCCC. The van der Waals surface area contributed by atoms with Crippen LogP contribution >= 0.6 is 0 Å². The standard InChI is InChI=1S/C63H121NO5/c1-3-5-7-9-11-13-15-17-19-20-21-22-23-24-28-31-35-39-43-47-51-55-61(66)60(59-65)64-62(67)56-52-48-44-40-36-32-29-25-26-30-34-38-42-46-50-54-58-69-63(68)57-53-49-45-41-37-33-27-18-16-14-12-10-8-6-4-2/h18,27,51,55,60-61,65-66H,3-17,19-26,28-50,52-54,56-59H2,1-2H3,(H,64,67)/b27-18-,55-51+. The van der Waals surface area contributed by atoms with E-state index in [0.717, 1.165) is 44.9 Å². The number of hydrogen-bond donors (Lipinski definition) is 3. The van der Waals surface area contributed by atoms with E-state index in [0.29, 0.717) is 19.4 Å². The van der Waals surface area contributed by atoms with E-state index in [2.05, 4.69) is 31.3 Å². The normalized spacial score (nSPS) is 12.7. The van der Waals surface area contributed by atoms with Gasteiger partial charge in [0.15, 0.2) is 0 Å². The Hall–Kier alpha value is -1.66. The van der Waals surface area contributed by atoms with Gasteiger partial charge in [0.25, 0.3) is 0 Å². The lowest BCUT2D eigenvalue weighted by Gasteiger charge is -2.20. The van der Waals surface area contributed by atoms with Crippen LogP contribution in [0.5, 0.6) is 0 Å². The van der Waals surface area contributed by atoms with Gasteiger partial charge in [-0.25, -0.2) is 0 Å². The number of aliphatic hydroxyl groups is 2. The average Bonchev–Trinajstić information content (AvgIpc) is 3.35. The second-order valence-electron chi connectivity index (χ2n) is 21.4. The first-order chi connectivity index (χ1) is 34.0. The number of amides is 1. The summed E-state index contributed by atoms with van der Waals surface area (Å²) >= 11 is 0. The van der Waals surface area contributed by atoms with Crippen LogP contribution in [0.3, 0.4) is 0 Å². The Morgan fingerprint density at radius 2 is 0.681 bits per heavy atom. The van der Waals surface area contributed by atoms with Gasteiger partial charge in [-0.2, -0.15) is 0 Å². The zero-order valence-electron chi connectivity index (χ0n) is 46.6. The Labute approximate surface area is 431 Å². The van der Waals surface area contributed by atoms with Crippen molar-refractivity contribution in [2.24, 2.45) is 0 Å². The van der Waals surface area contributed by atoms with E-state index in [-0.39, 0.29) is 18.5 Å². The van der Waals surface area contributed by atoms with Crippen molar-refractivity contribution in [3.8, 4) is 0 Å². The molecule has 6 heteroatoms. The van der Waals surface area contributed by atoms with Crippen LogP contribution in [0.15, 0.2) is 24.3 Å². The molecule has 0 aliphatic carbocycles. The van der Waals surface area contributed by atoms with Gasteiger partial charge in [0.2, 0.25) is 5.91 Å². The van der Waals surface area contributed by atoms with Crippen LogP contribution in [0.2, 0.25) is 0 Å². The number of allylic oxidation sites excluding steroid dienone is 3. The average molecular weight is 973 g/mol. The summed E-state index contributed by atoms with van der Waals surface area (Å²) in [4.78, 5) is 24.6. The highest BCUT2D eigenvalue weighted by Gasteiger charge is 2.18. The van der Waals surface area contributed by atoms with Crippen LogP contribution in [0.1, 0.15) is 341 Å². The molecular formula is C63H121NO5. The minimum Gasteiger partial charge on any atom is -0.466 e. The van der Waals surface area contributed by atoms with Crippen LogP contribution in [-0.4, -0.2) is 47.4 Å². The number of esters is 1. The maximum atomic E-state index is 12.5. The third kappa shape index (κ3) is 55.5. The molecule has 2 unspecified atom stereocenters. The number of nitrogens with one attached hydrogen (secondary N) is 1. The molecule has 0 spiro atoms. The van der Waals surface area contributed by atoms with Crippen LogP contribution in [0, 0.1) is 0 Å². The molecule has 0 aromatic rings. The molecule has 0 aliphatic rings. The fourth-order valence-electron chi connectivity index (χ4n) is 9.69. The van der Waals surface area contributed by atoms with Gasteiger partial charge >= 0.3 is 5.97 Å². The quantitative estimate of drug-likeness (QED) is 0.0321. The second-order valence-corrected chi connectivity index (χ2v) is 21.4. The molecule has 0 heterocycles. The monoisotopic (exact) mass is 972 g/mol. The summed E-state index contributed by atoms with van der Waals surface area (Å²) in [6.45, 7) is 4.91. The number of carbonyl (C=O) groups is 2. The first kappa shape index (κ1) is 67.3. The summed E-state index contributed by atoms with van der Waals surface area (Å²) in [6, 6.07) is -0.634. The Kier molecular flexibility index (Phi) is 57.5. The minimum absolute atomic E-state index is 0.00512. The summed E-state index contributed by atoms with van der Waals surface area (Å²) in [5.41, 5.74) is 0. The van der Waals surface area contributed by atoms with Crippen molar-refractivity contribution in [3.05, 3.63) is 24.3 Å². The van der Waals surface area contributed by atoms with Crippen LogP contribution in [0.4, 0.5) is 0 Å². The zero-order valence-corrected chi connectivity index (χ0v) is 46.6. The Morgan fingerprint density at radius 3 is 1.03 bits per heavy atom. The molecule has 0 aromatic heterocycles. The first-order valence-electron chi connectivity index (χ1n) is 31.1. The van der Waals surface area contributed by atoms with Crippen molar-refractivity contribution in [1.29, 1.82) is 0 Å². The van der Waals surface area contributed by atoms with Crippen molar-refractivity contribution < 1.29 is 24.5 Å². The van der Waals surface area contributed by atoms with E-state index in [1.807, 2.05) is 6.08 Å². The number of ether oxygens (including phenoxy) is 1. The Bertz CT molecular complexity index is 1080. The van der Waals surface area contributed by atoms with E-state index in [1.54, 1.807) is 6.08 Å². The first-order valence-corrected chi connectivity index (χ1v) is 31.1. The van der Waals surface area contributed by atoms with Gasteiger partial charge in [-0.1, -0.05) is 295 Å². The van der Waals surface area contributed by atoms with Gasteiger partial charge in [-0.3, -0.25) is 9.59 Å². The summed E-state index contributed by atoms with van der Waals surface area (Å²) in [5, 5.41) is 23.2. The van der Waals surface area contributed by atoms with Crippen LogP contribution in [-0.2, 0) is 14.3 Å². The van der Waals surface area contributed by atoms with E-state index < -0.39 is 12.1 Å². The van der Waals surface area contributed by atoms with Crippen molar-refractivity contribution >= 4 is 11.9 Å². The lowest BCUT2D eigenvalue weighted by Crippen LogP contribution is -2.45. The number of carbonyl (C=O) groups excluding carboxylic acids is 2. The number of hydrogen-bond acceptors (Lipinski definition) is 5. The van der Waals surface area contributed by atoms with Gasteiger partial charge in [-0.05, 0) is 57.8 Å². The second kappa shape index (κ2) is 58.9. The molecule has 1 amide bonds. The molecule has 2 atom stereocenters. The summed E-state index contributed by atoms with van der Waals surface area (Å²) in [5.74, 6) is -0.0770. The highest BCUT2D eigenvalue weighted by molar-refractivity contribution is 5.76. The topological polar surface area (TPSA) is 95.9 Å². The third-order valence-corrected chi connectivity index (χ3v) is 14.5. The highest BCUT2D eigenvalue weighted by atomic mass is 16.5. The molecule has 3 N–H and O–H groups in total. The van der Waals surface area contributed by atoms with Gasteiger partial charge < -0.3 is 20.3 Å². The molecule has 0 fully saturated rings. The molecule has 0 aromatic carbocycles. The summed E-state index contributed by atoms with van der Waals surface area (Å²) < 4.78 is 5.48. The summed E-state index contributed by atoms with van der Waals surface area (Å²) in [6.07, 6.45) is 72.1. The molecule has 0 aliphatic heterocycles. The molecule has 0 saturated heterocycles. The molecule has 408 valence electrons. The van der Waals surface area contributed by atoms with Gasteiger partial charge in [-0.15, -0.1) is 0 Å². The van der Waals surface area contributed by atoms with Gasteiger partial charge in [0.05, 0.1) is 25.4 Å². The number of aliphatic hydroxyl groups excluding tert-OH is 2. The van der Waals surface area contributed by atoms with Crippen LogP contribution < -0.4 is 5.32 Å². The molecule has 6 nitrogen and oxygen atoms in total. The molecule has 0 rings (SSSR count). The molecule has 0 radical (unpaired) electrons. The Balaban J connectivity index is 3.45. The fraction of sp³-hybridized carbons (Fsp3) is 0.905. The fourth-order valence-corrected chi connectivity index (χ4v) is 9.69. The maximum Gasteiger partial charge on any atom is 0.305 e. The van der Waals surface area contributed by atoms with Gasteiger partial charge in [0.1, 0.15) is 0 Å². The number of unbranched alkanes of at least 4 members (excludes halogenated alkanes) is 45. The van der Waals surface area contributed by atoms with E-state index >= 15 is 0 Å². The van der Waals surface area contributed by atoms with E-state index in [9.17, 15) is 19.8 Å². The van der Waals surface area contributed by atoms with Crippen LogP contribution in [0.25, 0.3) is 0 Å². The largest absolute Gasteiger partial charge is 0.466 e. The predicted octanol–water partition coefficient (Wildman–Crippen LogP) is 19.4. The maximum absolute atomic E-state index is 12.5. The van der Waals surface area contributed by atoms with Crippen molar-refractivity contribution in [2.75, 3.05) is 13.2 Å². The van der Waals surface area contributed by atoms with E-state index in [1.165, 1.54) is 270 Å². The number of rotatable bonds is 58. The highest BCUT2D eigenvalue weighted by Crippen LogP contribution is 2.17. The molecule has 0 bridgehead atoms. The predicted molar refractivity (Wildman–Crippen MR) is 301 cm³/mol. The smallest absolute Gasteiger partial charge is 0.305 e. The van der Waals surface area contributed by atoms with Crippen molar-refractivity contribution in [1.82, 2.24) is 5.32 Å². The van der Waals surface area contributed by atoms with E-state index in [4.69, 9.17) is 4.74 Å². The van der Waals surface area contributed by atoms with Gasteiger partial charge in [0, 0.05) is 12.8 Å². The lowest BCUT2D eigenvalue weighted by molar-refractivity contribution is -0.143. The van der Waals surface area contributed by atoms with Crippen molar-refractivity contribution in [3.63, 3.8) is 0 Å². The summed E-state index contributed by atoms with van der Waals surface area (Å²) in [7, 11) is 0.